The molecule has 0 aromatic carbocycles. The summed E-state index contributed by atoms with van der Waals surface area (Å²) >= 11 is 0. The third-order valence-corrected chi connectivity index (χ3v) is 6.87. The molecule has 11 heteroatoms. The minimum absolute atomic E-state index is 0.000561. The minimum Gasteiger partial charge on any atom is -0.378 e. The molecule has 0 radical (unpaired) electrons. The summed E-state index contributed by atoms with van der Waals surface area (Å²) in [5, 5.41) is 2.95. The smallest absolute Gasteiger partial charge is 0.270 e. The summed E-state index contributed by atoms with van der Waals surface area (Å²) in [5.74, 6) is -0.581. The maximum atomic E-state index is 13.5. The molecule has 2 aromatic heterocycles. The first kappa shape index (κ1) is 36.5. The normalized spacial score (nSPS) is 12.5. The Kier molecular flexibility index (Phi) is 15.7. The number of nitrogens with one attached hydrogen (secondary N) is 1. The number of carbonyl (C=O) groups excluding carboxylic acids is 5. The SMILES string of the molecule is CCC(=O)CCOCC(COCCC(C)=O)(COCCC(=O)C(C)C)NC(=O)c1ccc(-c2ccc(C(=O)CC)cn2)cn1. The van der Waals surface area contributed by atoms with E-state index in [0.29, 0.717) is 29.7 Å². The molecular weight excluding hydrogens is 566 g/mol. The highest BCUT2D eigenvalue weighted by atomic mass is 16.5. The molecule has 0 aliphatic rings. The van der Waals surface area contributed by atoms with Gasteiger partial charge in [-0.3, -0.25) is 33.9 Å². The summed E-state index contributed by atoms with van der Waals surface area (Å²) in [7, 11) is 0. The lowest BCUT2D eigenvalue weighted by molar-refractivity contribution is -0.123. The average molecular weight is 612 g/mol. The second-order valence-electron chi connectivity index (χ2n) is 11.0. The maximum absolute atomic E-state index is 13.5. The van der Waals surface area contributed by atoms with Crippen LogP contribution < -0.4 is 5.32 Å². The van der Waals surface area contributed by atoms with Crippen molar-refractivity contribution in [2.24, 2.45) is 5.92 Å². The van der Waals surface area contributed by atoms with Gasteiger partial charge in [0, 0.05) is 61.5 Å². The maximum Gasteiger partial charge on any atom is 0.270 e. The molecule has 1 unspecified atom stereocenters. The standard InChI is InChI=1S/C33H45N3O8/c1-6-27(38)13-16-43-21-33(20-42-15-12-24(5)37,22-44-17-14-31(40)23(3)4)36-32(41)29-11-8-25(18-35-29)28-10-9-26(19-34-28)30(39)7-2/h8-11,18-19,23H,6-7,12-17,20-22H2,1-5H3,(H,36,41). The lowest BCUT2D eigenvalue weighted by atomic mass is 10.0. The van der Waals surface area contributed by atoms with E-state index in [4.69, 9.17) is 14.2 Å². The largest absolute Gasteiger partial charge is 0.378 e. The molecule has 44 heavy (non-hydrogen) atoms. The molecule has 0 spiro atoms. The van der Waals surface area contributed by atoms with Gasteiger partial charge in [0.05, 0.1) is 45.3 Å². The Hall–Kier alpha value is -3.67. The van der Waals surface area contributed by atoms with Crippen molar-refractivity contribution in [3.63, 3.8) is 0 Å². The fraction of sp³-hybridized carbons (Fsp3) is 0.545. The van der Waals surface area contributed by atoms with Crippen molar-refractivity contribution in [3.05, 3.63) is 47.9 Å². The van der Waals surface area contributed by atoms with E-state index in [-0.39, 0.29) is 93.6 Å². The molecule has 2 aromatic rings. The molecule has 240 valence electrons. The number of aromatic nitrogens is 2. The van der Waals surface area contributed by atoms with Crippen molar-refractivity contribution in [2.45, 2.75) is 72.3 Å². The van der Waals surface area contributed by atoms with E-state index < -0.39 is 11.4 Å². The number of rotatable bonds is 22. The van der Waals surface area contributed by atoms with Gasteiger partial charge in [-0.2, -0.15) is 0 Å². The Balaban J connectivity index is 2.24. The molecule has 0 aliphatic carbocycles. The lowest BCUT2D eigenvalue weighted by Gasteiger charge is -2.34. The number of hydrogen-bond acceptors (Lipinski definition) is 10. The summed E-state index contributed by atoms with van der Waals surface area (Å²) in [6.07, 6.45) is 4.45. The number of ether oxygens (including phenoxy) is 3. The van der Waals surface area contributed by atoms with Crippen molar-refractivity contribution in [1.29, 1.82) is 0 Å². The van der Waals surface area contributed by atoms with Crippen LogP contribution in [0.3, 0.4) is 0 Å². The molecule has 1 atom stereocenters. The quantitative estimate of drug-likeness (QED) is 0.151. The van der Waals surface area contributed by atoms with Crippen LogP contribution in [0.1, 0.15) is 87.6 Å². The van der Waals surface area contributed by atoms with Gasteiger partial charge in [-0.1, -0.05) is 27.7 Å². The van der Waals surface area contributed by atoms with Crippen LogP contribution in [0, 0.1) is 5.92 Å². The molecule has 0 saturated carbocycles. The Labute approximate surface area is 259 Å². The monoisotopic (exact) mass is 611 g/mol. The number of pyridine rings is 2. The molecule has 0 aliphatic heterocycles. The van der Waals surface area contributed by atoms with Gasteiger partial charge in [-0.15, -0.1) is 0 Å². The highest BCUT2D eigenvalue weighted by Crippen LogP contribution is 2.18. The van der Waals surface area contributed by atoms with E-state index in [1.807, 2.05) is 13.8 Å². The van der Waals surface area contributed by atoms with Gasteiger partial charge in [-0.25, -0.2) is 0 Å². The van der Waals surface area contributed by atoms with Crippen LogP contribution in [-0.4, -0.2) is 84.2 Å². The molecule has 1 N–H and O–H groups in total. The first-order chi connectivity index (χ1) is 21.0. The fourth-order valence-electron chi connectivity index (χ4n) is 3.99. The summed E-state index contributed by atoms with van der Waals surface area (Å²) in [4.78, 5) is 69.4. The van der Waals surface area contributed by atoms with Crippen molar-refractivity contribution < 1.29 is 38.2 Å². The predicted octanol–water partition coefficient (Wildman–Crippen LogP) is 4.22. The van der Waals surface area contributed by atoms with E-state index in [1.165, 1.54) is 19.3 Å². The molecule has 11 nitrogen and oxygen atoms in total. The van der Waals surface area contributed by atoms with E-state index in [1.54, 1.807) is 38.1 Å². The van der Waals surface area contributed by atoms with Gasteiger partial charge in [0.2, 0.25) is 0 Å². The van der Waals surface area contributed by atoms with Crippen molar-refractivity contribution in [2.75, 3.05) is 39.6 Å². The average Bonchev–Trinajstić information content (AvgIpc) is 3.02. The van der Waals surface area contributed by atoms with Crippen LogP contribution in [-0.2, 0) is 28.6 Å². The fourth-order valence-corrected chi connectivity index (χ4v) is 3.99. The number of ketones is 4. The van der Waals surface area contributed by atoms with E-state index in [9.17, 15) is 24.0 Å². The summed E-state index contributed by atoms with van der Waals surface area (Å²) < 4.78 is 17.5. The summed E-state index contributed by atoms with van der Waals surface area (Å²) in [6, 6.07) is 6.70. The third kappa shape index (κ3) is 12.5. The zero-order chi connectivity index (χ0) is 32.5. The first-order valence-electron chi connectivity index (χ1n) is 15.1. The van der Waals surface area contributed by atoms with Gasteiger partial charge >= 0.3 is 0 Å². The number of amides is 1. The Morgan fingerprint density at radius 1 is 0.795 bits per heavy atom. The molecular formula is C33H45N3O8. The number of nitrogens with zero attached hydrogens (tertiary/aromatic N) is 2. The van der Waals surface area contributed by atoms with Crippen molar-refractivity contribution >= 4 is 29.0 Å². The highest BCUT2D eigenvalue weighted by Gasteiger charge is 2.34. The van der Waals surface area contributed by atoms with Crippen molar-refractivity contribution in [1.82, 2.24) is 15.3 Å². The van der Waals surface area contributed by atoms with Gasteiger partial charge < -0.3 is 19.5 Å². The molecule has 0 saturated heterocycles. The van der Waals surface area contributed by atoms with E-state index >= 15 is 0 Å². The zero-order valence-corrected chi connectivity index (χ0v) is 26.5. The Morgan fingerprint density at radius 3 is 1.93 bits per heavy atom. The zero-order valence-electron chi connectivity index (χ0n) is 26.5. The number of hydrogen-bond donors (Lipinski definition) is 1. The third-order valence-electron chi connectivity index (χ3n) is 6.87. The lowest BCUT2D eigenvalue weighted by Crippen LogP contribution is -2.59. The second-order valence-corrected chi connectivity index (χ2v) is 11.0. The van der Waals surface area contributed by atoms with Gasteiger partial charge in [0.15, 0.2) is 5.78 Å². The Morgan fingerprint density at radius 2 is 1.43 bits per heavy atom. The molecule has 2 rings (SSSR count). The number of carbonyl (C=O) groups is 5. The van der Waals surface area contributed by atoms with Gasteiger partial charge in [0.1, 0.15) is 28.6 Å². The van der Waals surface area contributed by atoms with Crippen LogP contribution in [0.2, 0.25) is 0 Å². The molecule has 2 heterocycles. The number of Topliss-reactive ketones (excluding diaryl/α,β-unsaturated/α-hetero) is 4. The summed E-state index contributed by atoms with van der Waals surface area (Å²) in [6.45, 7) is 8.95. The highest BCUT2D eigenvalue weighted by molar-refractivity contribution is 5.96. The molecule has 1 amide bonds. The summed E-state index contributed by atoms with van der Waals surface area (Å²) in [5.41, 5.74) is 0.714. The van der Waals surface area contributed by atoms with Crippen LogP contribution in [0.4, 0.5) is 0 Å². The van der Waals surface area contributed by atoms with Gasteiger partial charge in [0.25, 0.3) is 5.91 Å². The first-order valence-corrected chi connectivity index (χ1v) is 15.1. The minimum atomic E-state index is -1.20. The van der Waals surface area contributed by atoms with Crippen LogP contribution >= 0.6 is 0 Å². The van der Waals surface area contributed by atoms with Crippen LogP contribution in [0.5, 0.6) is 0 Å². The molecule has 0 fully saturated rings. The van der Waals surface area contributed by atoms with Crippen LogP contribution in [0.15, 0.2) is 36.7 Å². The van der Waals surface area contributed by atoms with Gasteiger partial charge in [-0.05, 0) is 31.2 Å². The topological polar surface area (TPSA) is 151 Å². The predicted molar refractivity (Wildman–Crippen MR) is 164 cm³/mol. The van der Waals surface area contributed by atoms with Crippen LogP contribution in [0.25, 0.3) is 11.3 Å². The Bertz CT molecular complexity index is 1240. The van der Waals surface area contributed by atoms with E-state index in [2.05, 4.69) is 15.3 Å². The van der Waals surface area contributed by atoms with Crippen molar-refractivity contribution in [3.8, 4) is 11.3 Å². The molecule has 0 bridgehead atoms. The van der Waals surface area contributed by atoms with E-state index in [0.717, 1.165) is 0 Å². The second kappa shape index (κ2) is 18.9.